The van der Waals surface area contributed by atoms with Gasteiger partial charge in [0.1, 0.15) is 5.82 Å². The lowest BCUT2D eigenvalue weighted by atomic mass is 10.1. The molecule has 0 saturated carbocycles. The summed E-state index contributed by atoms with van der Waals surface area (Å²) < 4.78 is 14.7. The van der Waals surface area contributed by atoms with Crippen molar-refractivity contribution in [1.29, 1.82) is 0 Å². The highest BCUT2D eigenvalue weighted by Crippen LogP contribution is 2.23. The molecule has 4 aromatic rings. The van der Waals surface area contributed by atoms with E-state index < -0.39 is 0 Å². The minimum atomic E-state index is -0.361. The third kappa shape index (κ3) is 3.65. The van der Waals surface area contributed by atoms with Crippen molar-refractivity contribution < 1.29 is 4.39 Å². The highest BCUT2D eigenvalue weighted by Gasteiger charge is 2.19. The lowest BCUT2D eigenvalue weighted by Gasteiger charge is -2.04. The Balaban J connectivity index is 1.93. The molecule has 2 aromatic carbocycles. The van der Waals surface area contributed by atoms with E-state index in [4.69, 9.17) is 0 Å². The van der Waals surface area contributed by atoms with Crippen LogP contribution in [0.3, 0.4) is 0 Å². The van der Waals surface area contributed by atoms with Gasteiger partial charge in [-0.25, -0.2) is 19.0 Å². The van der Waals surface area contributed by atoms with Gasteiger partial charge in [-0.3, -0.25) is 9.89 Å². The molecule has 2 heterocycles. The van der Waals surface area contributed by atoms with Crippen molar-refractivity contribution in [2.24, 2.45) is 4.99 Å². The number of nitrogens with zero attached hydrogens (tertiary/aromatic N) is 3. The van der Waals surface area contributed by atoms with Crippen LogP contribution in [0, 0.1) is 12.7 Å². The molecular formula is C23H19FN4O. The highest BCUT2D eigenvalue weighted by molar-refractivity contribution is 6.04. The Hall–Kier alpha value is -3.80. The predicted octanol–water partition coefficient (Wildman–Crippen LogP) is 4.82. The number of H-pyrrole nitrogens is 1. The second-order valence-electron chi connectivity index (χ2n) is 6.69. The van der Waals surface area contributed by atoms with Crippen LogP contribution in [0.4, 0.5) is 10.2 Å². The van der Waals surface area contributed by atoms with Crippen LogP contribution in [0.5, 0.6) is 0 Å². The van der Waals surface area contributed by atoms with E-state index in [2.05, 4.69) is 15.1 Å². The number of rotatable bonds is 4. The third-order valence-electron chi connectivity index (χ3n) is 4.66. The monoisotopic (exact) mass is 386 g/mol. The molecule has 0 unspecified atom stereocenters. The highest BCUT2D eigenvalue weighted by atomic mass is 19.1. The van der Waals surface area contributed by atoms with Crippen molar-refractivity contribution in [1.82, 2.24) is 14.8 Å². The van der Waals surface area contributed by atoms with Gasteiger partial charge in [-0.2, -0.15) is 0 Å². The second kappa shape index (κ2) is 7.67. The molecule has 1 N–H and O–H groups in total. The number of pyridine rings is 1. The van der Waals surface area contributed by atoms with Gasteiger partial charge in [0.2, 0.25) is 0 Å². The Morgan fingerprint density at radius 2 is 1.76 bits per heavy atom. The number of hydrogen-bond acceptors (Lipinski definition) is 3. The number of aromatic amines is 1. The first kappa shape index (κ1) is 18.6. The van der Waals surface area contributed by atoms with Crippen LogP contribution in [-0.4, -0.2) is 20.5 Å². The van der Waals surface area contributed by atoms with Crippen LogP contribution >= 0.6 is 0 Å². The molecule has 29 heavy (non-hydrogen) atoms. The Bertz CT molecular complexity index is 1240. The number of halogens is 1. The summed E-state index contributed by atoms with van der Waals surface area (Å²) in [5, 5.41) is 3.16. The van der Waals surface area contributed by atoms with E-state index in [1.165, 1.54) is 16.8 Å². The molecule has 0 aliphatic heterocycles. The van der Waals surface area contributed by atoms with Crippen molar-refractivity contribution >= 4 is 11.5 Å². The summed E-state index contributed by atoms with van der Waals surface area (Å²) in [6.07, 6.45) is 1.67. The molecular weight excluding hydrogens is 367 g/mol. The zero-order chi connectivity index (χ0) is 20.4. The predicted molar refractivity (Wildman–Crippen MR) is 113 cm³/mol. The number of hydrogen-bond donors (Lipinski definition) is 1. The van der Waals surface area contributed by atoms with Gasteiger partial charge in [-0.15, -0.1) is 0 Å². The third-order valence-corrected chi connectivity index (χ3v) is 4.66. The van der Waals surface area contributed by atoms with Crippen molar-refractivity contribution in [3.05, 3.63) is 100 Å². The summed E-state index contributed by atoms with van der Waals surface area (Å²) in [6, 6.07) is 19.1. The molecule has 0 aliphatic carbocycles. The van der Waals surface area contributed by atoms with Crippen LogP contribution in [0.15, 0.2) is 82.7 Å². The van der Waals surface area contributed by atoms with Crippen LogP contribution in [0.1, 0.15) is 18.1 Å². The normalized spacial score (nSPS) is 11.6. The fraction of sp³-hybridized carbons (Fsp3) is 0.0870. The first-order valence-electron chi connectivity index (χ1n) is 9.18. The SMILES string of the molecule is CC(=Nc1ncccc1C)c1c(-c2ccccc2)[nH]n(-c2ccc(F)cc2)c1=O. The minimum Gasteiger partial charge on any atom is -0.290 e. The fourth-order valence-electron chi connectivity index (χ4n) is 3.17. The van der Waals surface area contributed by atoms with Crippen molar-refractivity contribution in [3.8, 4) is 16.9 Å². The Morgan fingerprint density at radius 3 is 2.45 bits per heavy atom. The second-order valence-corrected chi connectivity index (χ2v) is 6.69. The van der Waals surface area contributed by atoms with Gasteiger partial charge in [0.15, 0.2) is 5.82 Å². The van der Waals surface area contributed by atoms with Crippen LogP contribution in [0.2, 0.25) is 0 Å². The zero-order valence-corrected chi connectivity index (χ0v) is 16.1. The summed E-state index contributed by atoms with van der Waals surface area (Å²) in [5.74, 6) is 0.207. The van der Waals surface area contributed by atoms with Gasteiger partial charge in [0, 0.05) is 11.8 Å². The van der Waals surface area contributed by atoms with Gasteiger partial charge < -0.3 is 0 Å². The van der Waals surface area contributed by atoms with E-state index in [9.17, 15) is 9.18 Å². The molecule has 0 amide bonds. The molecule has 0 atom stereocenters. The van der Waals surface area contributed by atoms with E-state index in [-0.39, 0.29) is 11.4 Å². The largest absolute Gasteiger partial charge is 0.290 e. The molecule has 0 bridgehead atoms. The van der Waals surface area contributed by atoms with Gasteiger partial charge in [-0.1, -0.05) is 36.4 Å². The number of aromatic nitrogens is 3. The molecule has 144 valence electrons. The molecule has 2 aromatic heterocycles. The average molecular weight is 386 g/mol. The topological polar surface area (TPSA) is 63.0 Å². The fourth-order valence-corrected chi connectivity index (χ4v) is 3.17. The Labute approximate surface area is 167 Å². The van der Waals surface area contributed by atoms with Gasteiger partial charge in [0.25, 0.3) is 5.56 Å². The van der Waals surface area contributed by atoms with E-state index in [0.717, 1.165) is 11.1 Å². The molecule has 0 fully saturated rings. The lowest BCUT2D eigenvalue weighted by Crippen LogP contribution is -2.19. The summed E-state index contributed by atoms with van der Waals surface area (Å²) in [4.78, 5) is 22.2. The average Bonchev–Trinajstić information content (AvgIpc) is 3.08. The minimum absolute atomic E-state index is 0.259. The first-order valence-corrected chi connectivity index (χ1v) is 9.18. The van der Waals surface area contributed by atoms with Gasteiger partial charge >= 0.3 is 0 Å². The summed E-state index contributed by atoms with van der Waals surface area (Å²) in [5.41, 5.74) is 3.70. The lowest BCUT2D eigenvalue weighted by molar-refractivity contribution is 0.627. The molecule has 5 nitrogen and oxygen atoms in total. The molecule has 0 saturated heterocycles. The number of benzene rings is 2. The molecule has 6 heteroatoms. The van der Waals surface area contributed by atoms with E-state index in [0.29, 0.717) is 28.5 Å². The summed E-state index contributed by atoms with van der Waals surface area (Å²) >= 11 is 0. The first-order chi connectivity index (χ1) is 14.0. The van der Waals surface area contributed by atoms with Gasteiger partial charge in [-0.05, 0) is 49.7 Å². The smallest absolute Gasteiger partial charge is 0.280 e. The summed E-state index contributed by atoms with van der Waals surface area (Å²) in [6.45, 7) is 3.71. The van der Waals surface area contributed by atoms with Crippen LogP contribution in [-0.2, 0) is 0 Å². The molecule has 4 rings (SSSR count). The van der Waals surface area contributed by atoms with E-state index >= 15 is 0 Å². The zero-order valence-electron chi connectivity index (χ0n) is 16.1. The standard InChI is InChI=1S/C23H19FN4O/c1-15-7-6-14-25-22(15)26-16(2)20-21(17-8-4-3-5-9-17)27-28(23(20)29)19-12-10-18(24)11-13-19/h3-14,27H,1-2H3. The van der Waals surface area contributed by atoms with Crippen molar-refractivity contribution in [2.75, 3.05) is 0 Å². The molecule has 0 aliphatic rings. The van der Waals surface area contributed by atoms with E-state index in [1.54, 1.807) is 25.3 Å². The number of aryl methyl sites for hydroxylation is 1. The molecule has 0 spiro atoms. The van der Waals surface area contributed by atoms with Crippen LogP contribution in [0.25, 0.3) is 16.9 Å². The maximum absolute atomic E-state index is 13.3. The molecule has 0 radical (unpaired) electrons. The Kier molecular flexibility index (Phi) is 4.91. The van der Waals surface area contributed by atoms with Crippen LogP contribution < -0.4 is 5.56 Å². The Morgan fingerprint density at radius 1 is 1.03 bits per heavy atom. The van der Waals surface area contributed by atoms with Gasteiger partial charge in [0.05, 0.1) is 22.7 Å². The number of nitrogens with one attached hydrogen (secondary N) is 1. The van der Waals surface area contributed by atoms with Crippen molar-refractivity contribution in [3.63, 3.8) is 0 Å². The summed E-state index contributed by atoms with van der Waals surface area (Å²) in [7, 11) is 0. The maximum atomic E-state index is 13.3. The van der Waals surface area contributed by atoms with E-state index in [1.807, 2.05) is 49.4 Å². The quantitative estimate of drug-likeness (QED) is 0.511. The van der Waals surface area contributed by atoms with Crippen molar-refractivity contribution in [2.45, 2.75) is 13.8 Å². The maximum Gasteiger partial charge on any atom is 0.280 e. The number of aliphatic imine (C=N–C) groups is 1.